The maximum atomic E-state index is 14.5. The summed E-state index contributed by atoms with van der Waals surface area (Å²) < 4.78 is 6.02. The number of nitrogens with zero attached hydrogens (tertiary/aromatic N) is 1. The van der Waals surface area contributed by atoms with E-state index in [0.717, 1.165) is 27.2 Å². The zero-order valence-corrected chi connectivity index (χ0v) is 28.4. The smallest absolute Gasteiger partial charge is 0.247 e. The van der Waals surface area contributed by atoms with Gasteiger partial charge in [0.2, 0.25) is 17.7 Å². The largest absolute Gasteiger partial charge is 0.457 e. The van der Waals surface area contributed by atoms with Gasteiger partial charge in [-0.3, -0.25) is 19.3 Å². The van der Waals surface area contributed by atoms with Gasteiger partial charge in [-0.2, -0.15) is 0 Å². The van der Waals surface area contributed by atoms with Crippen molar-refractivity contribution in [3.05, 3.63) is 125 Å². The maximum Gasteiger partial charge on any atom is 0.247 e. The molecular weight excluding hydrogens is 631 g/mol. The standard InChI is InChI=1S/C39H36Cl2N2O4/c1-22(2)33(34(44)42-24-16-20-26(21-17-24)47-25-18-14-23(15-19-25)37(3,4)5)43-35(45)31-32(36(43)46)39(41)28-11-7-6-10-27(28)38(31,40)29-12-8-9-13-30(29)39/h6-22,31-33H,1-5H3,(H,42,44)/t31-,32+,33-,38?,39?/m0/s1. The van der Waals surface area contributed by atoms with Crippen LogP contribution in [-0.2, 0) is 29.5 Å². The van der Waals surface area contributed by atoms with Gasteiger partial charge in [0.1, 0.15) is 27.3 Å². The van der Waals surface area contributed by atoms with E-state index in [0.29, 0.717) is 17.2 Å². The van der Waals surface area contributed by atoms with Gasteiger partial charge in [-0.25, -0.2) is 0 Å². The zero-order chi connectivity index (χ0) is 33.5. The number of carbonyl (C=O) groups is 3. The highest BCUT2D eigenvalue weighted by molar-refractivity contribution is 6.36. The lowest BCUT2D eigenvalue weighted by Crippen LogP contribution is -2.57. The summed E-state index contributed by atoms with van der Waals surface area (Å²) >= 11 is 15.1. The van der Waals surface area contributed by atoms with Crippen LogP contribution in [0.15, 0.2) is 97.1 Å². The average Bonchev–Trinajstić information content (AvgIpc) is 3.31. The lowest BCUT2D eigenvalue weighted by Gasteiger charge is -2.54. The third kappa shape index (κ3) is 4.63. The number of anilines is 1. The Balaban J connectivity index is 1.16. The summed E-state index contributed by atoms with van der Waals surface area (Å²) in [5.74, 6) is -2.46. The first-order chi connectivity index (χ1) is 22.3. The topological polar surface area (TPSA) is 75.7 Å². The minimum absolute atomic E-state index is 0.0426. The number of likely N-dealkylation sites (tertiary alicyclic amines) is 1. The van der Waals surface area contributed by atoms with Gasteiger partial charge in [0.15, 0.2) is 0 Å². The Labute approximate surface area is 285 Å². The molecule has 1 saturated heterocycles. The number of hydrogen-bond acceptors (Lipinski definition) is 4. The summed E-state index contributed by atoms with van der Waals surface area (Å²) in [6.45, 7) is 10.1. The molecule has 240 valence electrons. The zero-order valence-electron chi connectivity index (χ0n) is 26.9. The fourth-order valence-electron chi connectivity index (χ4n) is 7.66. The highest BCUT2D eigenvalue weighted by atomic mass is 35.5. The summed E-state index contributed by atoms with van der Waals surface area (Å²) in [5.41, 5.74) is 4.64. The third-order valence-electron chi connectivity index (χ3n) is 9.88. The highest BCUT2D eigenvalue weighted by Gasteiger charge is 2.73. The Kier molecular flexibility index (Phi) is 7.34. The molecule has 0 spiro atoms. The molecule has 4 aliphatic rings. The molecule has 0 saturated carbocycles. The summed E-state index contributed by atoms with van der Waals surface area (Å²) in [7, 11) is 0. The molecule has 47 heavy (non-hydrogen) atoms. The molecule has 3 aliphatic carbocycles. The minimum atomic E-state index is -1.31. The van der Waals surface area contributed by atoms with Gasteiger partial charge in [-0.15, -0.1) is 23.2 Å². The number of amides is 3. The van der Waals surface area contributed by atoms with Crippen LogP contribution in [0.25, 0.3) is 0 Å². The molecule has 1 heterocycles. The first-order valence-corrected chi connectivity index (χ1v) is 16.7. The van der Waals surface area contributed by atoms with Gasteiger partial charge in [0.05, 0.1) is 11.8 Å². The van der Waals surface area contributed by atoms with Crippen molar-refractivity contribution < 1.29 is 19.1 Å². The first kappa shape index (κ1) is 31.5. The van der Waals surface area contributed by atoms with Gasteiger partial charge in [0.25, 0.3) is 0 Å². The van der Waals surface area contributed by atoms with Gasteiger partial charge in [-0.05, 0) is 75.5 Å². The molecule has 3 amide bonds. The number of halogens is 2. The van der Waals surface area contributed by atoms with Crippen LogP contribution in [0.3, 0.4) is 0 Å². The number of rotatable bonds is 6. The number of ether oxygens (including phenoxy) is 1. The monoisotopic (exact) mass is 666 g/mol. The lowest BCUT2D eigenvalue weighted by atomic mass is 9.54. The van der Waals surface area contributed by atoms with Crippen LogP contribution >= 0.6 is 23.2 Å². The van der Waals surface area contributed by atoms with Crippen LogP contribution in [0.2, 0.25) is 0 Å². The van der Waals surface area contributed by atoms with Gasteiger partial charge < -0.3 is 10.1 Å². The van der Waals surface area contributed by atoms with E-state index < -0.39 is 45.3 Å². The number of benzene rings is 4. The Morgan fingerprint density at radius 3 is 1.51 bits per heavy atom. The fourth-order valence-corrected chi connectivity index (χ4v) is 8.76. The molecule has 0 radical (unpaired) electrons. The number of imide groups is 1. The molecule has 8 rings (SSSR count). The van der Waals surface area contributed by atoms with E-state index in [1.165, 1.54) is 5.56 Å². The predicted molar refractivity (Wildman–Crippen MR) is 184 cm³/mol. The van der Waals surface area contributed by atoms with E-state index in [-0.39, 0.29) is 11.3 Å². The third-order valence-corrected chi connectivity index (χ3v) is 11.2. The van der Waals surface area contributed by atoms with Gasteiger partial charge in [-0.1, -0.05) is 95.3 Å². The molecule has 8 heteroatoms. The summed E-state index contributed by atoms with van der Waals surface area (Å²) in [5, 5.41) is 2.92. The van der Waals surface area contributed by atoms with Crippen molar-refractivity contribution in [2.45, 2.75) is 55.8 Å². The van der Waals surface area contributed by atoms with Crippen molar-refractivity contribution >= 4 is 46.6 Å². The van der Waals surface area contributed by atoms with E-state index in [9.17, 15) is 14.4 Å². The Morgan fingerprint density at radius 2 is 1.13 bits per heavy atom. The number of carbonyl (C=O) groups excluding carboxylic acids is 3. The molecule has 6 nitrogen and oxygen atoms in total. The number of alkyl halides is 2. The number of nitrogens with one attached hydrogen (secondary N) is 1. The van der Waals surface area contributed by atoms with Crippen molar-refractivity contribution in [2.75, 3.05) is 5.32 Å². The lowest BCUT2D eigenvalue weighted by molar-refractivity contribution is -0.148. The molecule has 4 aromatic rings. The van der Waals surface area contributed by atoms with Crippen molar-refractivity contribution in [3.8, 4) is 11.5 Å². The van der Waals surface area contributed by atoms with Crippen LogP contribution in [0.5, 0.6) is 11.5 Å². The molecule has 1 aliphatic heterocycles. The minimum Gasteiger partial charge on any atom is -0.457 e. The number of hydrogen-bond donors (Lipinski definition) is 1. The maximum absolute atomic E-state index is 14.5. The summed E-state index contributed by atoms with van der Waals surface area (Å²) in [6.07, 6.45) is 0. The molecule has 0 unspecified atom stereocenters. The molecule has 4 aromatic carbocycles. The van der Waals surface area contributed by atoms with Crippen LogP contribution in [0.4, 0.5) is 5.69 Å². The molecule has 3 atom stereocenters. The van der Waals surface area contributed by atoms with E-state index in [1.54, 1.807) is 24.3 Å². The Hall–Kier alpha value is -4.13. The van der Waals surface area contributed by atoms with E-state index in [1.807, 2.05) is 86.6 Å². The van der Waals surface area contributed by atoms with Gasteiger partial charge in [0, 0.05) is 5.69 Å². The van der Waals surface area contributed by atoms with E-state index in [2.05, 4.69) is 26.1 Å². The van der Waals surface area contributed by atoms with E-state index >= 15 is 0 Å². The second kappa shape index (κ2) is 11.0. The SMILES string of the molecule is CC(C)[C@@H](C(=O)Nc1ccc(Oc2ccc(C(C)(C)C)cc2)cc1)N1C(=O)[C@@H]2[C@H](C1=O)C1(Cl)c3ccccc3C2(Cl)c2ccccc21. The average molecular weight is 668 g/mol. The second-order valence-corrected chi connectivity index (χ2v) is 15.3. The summed E-state index contributed by atoms with van der Waals surface area (Å²) in [6, 6.07) is 28.9. The molecular formula is C39H36Cl2N2O4. The van der Waals surface area contributed by atoms with Crippen molar-refractivity contribution in [1.82, 2.24) is 4.90 Å². The fraction of sp³-hybridized carbons (Fsp3) is 0.308. The van der Waals surface area contributed by atoms with Crippen LogP contribution in [0.1, 0.15) is 62.4 Å². The van der Waals surface area contributed by atoms with E-state index in [4.69, 9.17) is 27.9 Å². The van der Waals surface area contributed by atoms with Crippen molar-refractivity contribution in [3.63, 3.8) is 0 Å². The molecule has 0 aromatic heterocycles. The van der Waals surface area contributed by atoms with Crippen LogP contribution in [-0.4, -0.2) is 28.7 Å². The van der Waals surface area contributed by atoms with Crippen molar-refractivity contribution in [1.29, 1.82) is 0 Å². The molecule has 2 bridgehead atoms. The summed E-state index contributed by atoms with van der Waals surface area (Å²) in [4.78, 5) is 41.4. The first-order valence-electron chi connectivity index (χ1n) is 15.9. The second-order valence-electron chi connectivity index (χ2n) is 14.1. The van der Waals surface area contributed by atoms with Crippen molar-refractivity contribution in [2.24, 2.45) is 17.8 Å². The van der Waals surface area contributed by atoms with Crippen LogP contribution in [0, 0.1) is 17.8 Å². The van der Waals surface area contributed by atoms with Gasteiger partial charge >= 0.3 is 0 Å². The predicted octanol–water partition coefficient (Wildman–Crippen LogP) is 8.33. The normalized spacial score (nSPS) is 24.9. The molecule has 1 N–H and O–H groups in total. The highest BCUT2D eigenvalue weighted by Crippen LogP contribution is 2.69. The van der Waals surface area contributed by atoms with Crippen LogP contribution < -0.4 is 10.1 Å². The Bertz CT molecular complexity index is 1790. The Morgan fingerprint density at radius 1 is 0.723 bits per heavy atom. The quantitative estimate of drug-likeness (QED) is 0.166. The molecule has 1 fully saturated rings.